The Bertz CT molecular complexity index is 1420. The number of esters is 1. The van der Waals surface area contributed by atoms with E-state index in [2.05, 4.69) is 10.5 Å². The standard InChI is InChI=1S/C25H18Cl2N2O5S/c1-32-20-12-15(13-28-29-22(30)14-33-18-8-4-3-7-17(18)26)10-11-19(20)34-25(31)24-23(27)16-6-2-5-9-21(16)35-24/h2-13H,14H2,1H3,(H,29,30). The normalized spacial score (nSPS) is 10.9. The maximum absolute atomic E-state index is 12.7. The van der Waals surface area contributed by atoms with Gasteiger partial charge >= 0.3 is 5.97 Å². The van der Waals surface area contributed by atoms with E-state index in [0.717, 1.165) is 10.1 Å². The van der Waals surface area contributed by atoms with Crippen LogP contribution in [-0.2, 0) is 4.79 Å². The van der Waals surface area contributed by atoms with Gasteiger partial charge in [-0.3, -0.25) is 4.79 Å². The second kappa shape index (κ2) is 11.2. The molecule has 4 aromatic rings. The van der Waals surface area contributed by atoms with Crippen LogP contribution in [-0.4, -0.2) is 31.8 Å². The van der Waals surface area contributed by atoms with Crippen LogP contribution in [0.2, 0.25) is 10.0 Å². The monoisotopic (exact) mass is 528 g/mol. The molecule has 0 aliphatic carbocycles. The van der Waals surface area contributed by atoms with Crippen molar-refractivity contribution < 1.29 is 23.8 Å². The largest absolute Gasteiger partial charge is 0.493 e. The molecule has 0 fully saturated rings. The molecule has 0 bridgehead atoms. The Morgan fingerprint density at radius 2 is 1.77 bits per heavy atom. The molecule has 0 atom stereocenters. The number of benzene rings is 3. The highest BCUT2D eigenvalue weighted by Gasteiger charge is 2.20. The number of hydrazone groups is 1. The minimum absolute atomic E-state index is 0.223. The summed E-state index contributed by atoms with van der Waals surface area (Å²) >= 11 is 13.6. The van der Waals surface area contributed by atoms with Crippen LogP contribution >= 0.6 is 34.5 Å². The summed E-state index contributed by atoms with van der Waals surface area (Å²) in [4.78, 5) is 25.0. The van der Waals surface area contributed by atoms with Gasteiger partial charge in [-0.2, -0.15) is 5.10 Å². The van der Waals surface area contributed by atoms with Crippen molar-refractivity contribution in [2.24, 2.45) is 5.10 Å². The molecule has 7 nitrogen and oxygen atoms in total. The molecule has 4 rings (SSSR count). The molecule has 0 saturated heterocycles. The van der Waals surface area contributed by atoms with Gasteiger partial charge in [0.2, 0.25) is 0 Å². The van der Waals surface area contributed by atoms with Gasteiger partial charge in [-0.1, -0.05) is 53.5 Å². The quantitative estimate of drug-likeness (QED) is 0.132. The number of hydrogen-bond donors (Lipinski definition) is 1. The number of amides is 1. The lowest BCUT2D eigenvalue weighted by atomic mass is 10.2. The van der Waals surface area contributed by atoms with Gasteiger partial charge in [0.1, 0.15) is 10.6 Å². The number of rotatable bonds is 8. The first-order valence-electron chi connectivity index (χ1n) is 10.2. The third kappa shape index (κ3) is 5.92. The predicted molar refractivity (Wildman–Crippen MR) is 137 cm³/mol. The van der Waals surface area contributed by atoms with Crippen molar-refractivity contribution in [3.05, 3.63) is 87.2 Å². The Morgan fingerprint density at radius 3 is 2.54 bits per heavy atom. The van der Waals surface area contributed by atoms with Gasteiger partial charge in [0.05, 0.1) is 23.4 Å². The summed E-state index contributed by atoms with van der Waals surface area (Å²) < 4.78 is 17.1. The Balaban J connectivity index is 1.38. The summed E-state index contributed by atoms with van der Waals surface area (Å²) in [6.07, 6.45) is 1.42. The minimum atomic E-state index is -0.582. The van der Waals surface area contributed by atoms with Gasteiger partial charge in [-0.15, -0.1) is 11.3 Å². The number of carbonyl (C=O) groups is 2. The first-order valence-corrected chi connectivity index (χ1v) is 11.8. The summed E-state index contributed by atoms with van der Waals surface area (Å²) in [5.74, 6) is -0.103. The molecule has 0 unspecified atom stereocenters. The molecule has 3 aromatic carbocycles. The highest BCUT2D eigenvalue weighted by molar-refractivity contribution is 7.21. The Hall–Kier alpha value is -3.59. The zero-order valence-corrected chi connectivity index (χ0v) is 20.6. The molecule has 0 saturated carbocycles. The number of para-hydroxylation sites is 1. The SMILES string of the molecule is COc1cc(C=NNC(=O)COc2ccccc2Cl)ccc1OC(=O)c1sc2ccccc2c1Cl. The van der Waals surface area contributed by atoms with Crippen molar-refractivity contribution in [3.63, 3.8) is 0 Å². The summed E-state index contributed by atoms with van der Waals surface area (Å²) in [5.41, 5.74) is 2.97. The lowest BCUT2D eigenvalue weighted by Crippen LogP contribution is -2.24. The Labute approximate surface area is 214 Å². The van der Waals surface area contributed by atoms with E-state index in [1.807, 2.05) is 24.3 Å². The molecular weight excluding hydrogens is 511 g/mol. The van der Waals surface area contributed by atoms with Gasteiger partial charge in [0.25, 0.3) is 5.91 Å². The van der Waals surface area contributed by atoms with E-state index in [0.29, 0.717) is 32.0 Å². The van der Waals surface area contributed by atoms with Crippen molar-refractivity contribution in [1.29, 1.82) is 0 Å². The van der Waals surface area contributed by atoms with Gasteiger partial charge < -0.3 is 14.2 Å². The Kier molecular flexibility index (Phi) is 7.87. The number of nitrogens with zero attached hydrogens (tertiary/aromatic N) is 1. The number of halogens is 2. The summed E-state index contributed by atoms with van der Waals surface area (Å²) in [6.45, 7) is -0.250. The van der Waals surface area contributed by atoms with Crippen LogP contribution in [0.1, 0.15) is 15.2 Å². The molecule has 1 amide bonds. The molecule has 0 spiro atoms. The van der Waals surface area contributed by atoms with Crippen molar-refractivity contribution >= 4 is 62.7 Å². The second-order valence-corrected chi connectivity index (χ2v) is 8.89. The van der Waals surface area contributed by atoms with Crippen LogP contribution in [0.25, 0.3) is 10.1 Å². The van der Waals surface area contributed by atoms with Crippen LogP contribution in [0.4, 0.5) is 0 Å². The number of thiophene rings is 1. The molecule has 0 aliphatic heterocycles. The number of ether oxygens (including phenoxy) is 3. The number of carbonyl (C=O) groups excluding carboxylic acids is 2. The van der Waals surface area contributed by atoms with Gasteiger partial charge in [-0.25, -0.2) is 10.2 Å². The molecular formula is C25H18Cl2N2O5S. The van der Waals surface area contributed by atoms with E-state index < -0.39 is 11.9 Å². The molecule has 178 valence electrons. The fourth-order valence-electron chi connectivity index (χ4n) is 3.06. The van der Waals surface area contributed by atoms with Crippen LogP contribution in [0.15, 0.2) is 71.8 Å². The Morgan fingerprint density at radius 1 is 1.00 bits per heavy atom. The number of fused-ring (bicyclic) bond motifs is 1. The maximum Gasteiger partial charge on any atom is 0.355 e. The molecule has 35 heavy (non-hydrogen) atoms. The van der Waals surface area contributed by atoms with E-state index in [9.17, 15) is 9.59 Å². The average molecular weight is 529 g/mol. The molecule has 0 radical (unpaired) electrons. The fourth-order valence-corrected chi connectivity index (χ4v) is 4.63. The number of nitrogens with one attached hydrogen (secondary N) is 1. The fraction of sp³-hybridized carbons (Fsp3) is 0.0800. The van der Waals surface area contributed by atoms with E-state index in [4.69, 9.17) is 37.4 Å². The van der Waals surface area contributed by atoms with Crippen LogP contribution < -0.4 is 19.6 Å². The zero-order valence-electron chi connectivity index (χ0n) is 18.3. The smallest absolute Gasteiger partial charge is 0.355 e. The molecule has 1 heterocycles. The first-order chi connectivity index (χ1) is 17.0. The first kappa shape index (κ1) is 24.5. The van der Waals surface area contributed by atoms with Crippen LogP contribution in [0.3, 0.4) is 0 Å². The highest BCUT2D eigenvalue weighted by atomic mass is 35.5. The van der Waals surface area contributed by atoms with Gasteiger partial charge in [0.15, 0.2) is 18.1 Å². The van der Waals surface area contributed by atoms with E-state index in [1.165, 1.54) is 24.7 Å². The summed E-state index contributed by atoms with van der Waals surface area (Å²) in [5, 5.41) is 5.47. The third-order valence-electron chi connectivity index (χ3n) is 4.71. The topological polar surface area (TPSA) is 86.2 Å². The molecule has 10 heteroatoms. The predicted octanol–water partition coefficient (Wildman–Crippen LogP) is 5.97. The molecule has 0 aliphatic rings. The lowest BCUT2D eigenvalue weighted by molar-refractivity contribution is -0.123. The van der Waals surface area contributed by atoms with Crippen molar-refractivity contribution in [1.82, 2.24) is 5.43 Å². The second-order valence-electron chi connectivity index (χ2n) is 7.05. The third-order valence-corrected chi connectivity index (χ3v) is 6.68. The minimum Gasteiger partial charge on any atom is -0.493 e. The van der Waals surface area contributed by atoms with Gasteiger partial charge in [0, 0.05) is 10.1 Å². The highest BCUT2D eigenvalue weighted by Crippen LogP contribution is 2.37. The van der Waals surface area contributed by atoms with Crippen molar-refractivity contribution in [3.8, 4) is 17.2 Å². The molecule has 1 aromatic heterocycles. The van der Waals surface area contributed by atoms with E-state index >= 15 is 0 Å². The van der Waals surface area contributed by atoms with Crippen LogP contribution in [0, 0.1) is 0 Å². The summed E-state index contributed by atoms with van der Waals surface area (Å²) in [7, 11) is 1.45. The van der Waals surface area contributed by atoms with Crippen molar-refractivity contribution in [2.75, 3.05) is 13.7 Å². The zero-order chi connectivity index (χ0) is 24.8. The number of hydrogen-bond acceptors (Lipinski definition) is 7. The van der Waals surface area contributed by atoms with E-state index in [1.54, 1.807) is 42.5 Å². The van der Waals surface area contributed by atoms with Gasteiger partial charge in [-0.05, 0) is 42.0 Å². The van der Waals surface area contributed by atoms with E-state index in [-0.39, 0.29) is 12.4 Å². The molecule has 1 N–H and O–H groups in total. The summed E-state index contributed by atoms with van der Waals surface area (Å²) in [6, 6.07) is 19.2. The lowest BCUT2D eigenvalue weighted by Gasteiger charge is -2.09. The maximum atomic E-state index is 12.7. The number of methoxy groups -OCH3 is 1. The average Bonchev–Trinajstić information content (AvgIpc) is 3.21. The van der Waals surface area contributed by atoms with Crippen LogP contribution in [0.5, 0.6) is 17.2 Å². The van der Waals surface area contributed by atoms with Crippen molar-refractivity contribution in [2.45, 2.75) is 0 Å².